The Morgan fingerprint density at radius 3 is 2.75 bits per heavy atom. The van der Waals surface area contributed by atoms with Crippen molar-refractivity contribution in [3.05, 3.63) is 42.0 Å². The molecule has 0 saturated carbocycles. The first-order valence-corrected chi connectivity index (χ1v) is 10.0. The van der Waals surface area contributed by atoms with Crippen LogP contribution >= 0.6 is 11.3 Å². The average molecular weight is 396 g/mol. The zero-order valence-corrected chi connectivity index (χ0v) is 16.3. The number of hydrogen-bond acceptors (Lipinski definition) is 7. The van der Waals surface area contributed by atoms with Gasteiger partial charge in [0.25, 0.3) is 5.91 Å². The number of benzene rings is 2. The zero-order chi connectivity index (χ0) is 19.1. The number of fused-ring (bicyclic) bond motifs is 2. The molecule has 0 aliphatic carbocycles. The summed E-state index contributed by atoms with van der Waals surface area (Å²) in [6, 6.07) is 11.0. The van der Waals surface area contributed by atoms with E-state index in [0.29, 0.717) is 22.7 Å². The first-order valence-electron chi connectivity index (χ1n) is 9.21. The number of hydrogen-bond donors (Lipinski definition) is 1. The SMILES string of the molecule is CN1CCN(c2nc3cc(C(=O)Nc4ccc5c(c4)OCO5)ccc3s2)CC1. The number of ether oxygens (including phenoxy) is 2. The Morgan fingerprint density at radius 2 is 1.89 bits per heavy atom. The number of nitrogens with one attached hydrogen (secondary N) is 1. The second kappa shape index (κ2) is 6.96. The lowest BCUT2D eigenvalue weighted by Gasteiger charge is -2.32. The molecule has 3 heterocycles. The van der Waals surface area contributed by atoms with Gasteiger partial charge in [-0.2, -0.15) is 0 Å². The van der Waals surface area contributed by atoms with Crippen LogP contribution in [0.5, 0.6) is 11.5 Å². The highest BCUT2D eigenvalue weighted by atomic mass is 32.1. The fraction of sp³-hybridized carbons (Fsp3) is 0.300. The monoisotopic (exact) mass is 396 g/mol. The lowest BCUT2D eigenvalue weighted by Crippen LogP contribution is -2.44. The van der Waals surface area contributed by atoms with E-state index < -0.39 is 0 Å². The number of aromatic nitrogens is 1. The second-order valence-corrected chi connectivity index (χ2v) is 8.00. The van der Waals surface area contributed by atoms with Crippen molar-refractivity contribution in [2.45, 2.75) is 0 Å². The molecule has 3 aromatic rings. The Bertz CT molecular complexity index is 1040. The number of thiazole rings is 1. The van der Waals surface area contributed by atoms with Crippen LogP contribution < -0.4 is 19.7 Å². The average Bonchev–Trinajstić information content (AvgIpc) is 3.34. The summed E-state index contributed by atoms with van der Waals surface area (Å²) in [4.78, 5) is 22.1. The highest BCUT2D eigenvalue weighted by Gasteiger charge is 2.19. The molecule has 0 unspecified atom stereocenters. The van der Waals surface area contributed by atoms with E-state index in [-0.39, 0.29) is 12.7 Å². The van der Waals surface area contributed by atoms with Crippen LogP contribution in [0.4, 0.5) is 10.8 Å². The van der Waals surface area contributed by atoms with E-state index in [0.717, 1.165) is 41.5 Å². The summed E-state index contributed by atoms with van der Waals surface area (Å²) in [5.41, 5.74) is 2.11. The summed E-state index contributed by atoms with van der Waals surface area (Å²) in [7, 11) is 2.14. The molecule has 1 saturated heterocycles. The van der Waals surface area contributed by atoms with E-state index in [1.807, 2.05) is 18.2 Å². The Hall–Kier alpha value is -2.84. The number of carbonyl (C=O) groups is 1. The van der Waals surface area contributed by atoms with Crippen LogP contribution in [0.25, 0.3) is 10.2 Å². The third-order valence-corrected chi connectivity index (χ3v) is 6.14. The van der Waals surface area contributed by atoms with Gasteiger partial charge in [-0.3, -0.25) is 4.79 Å². The van der Waals surface area contributed by atoms with E-state index in [1.54, 1.807) is 29.5 Å². The molecule has 1 aromatic heterocycles. The van der Waals surface area contributed by atoms with E-state index >= 15 is 0 Å². The predicted molar refractivity (Wildman–Crippen MR) is 110 cm³/mol. The van der Waals surface area contributed by atoms with Gasteiger partial charge in [0.2, 0.25) is 6.79 Å². The molecule has 5 rings (SSSR count). The molecule has 0 spiro atoms. The molecule has 2 aliphatic heterocycles. The summed E-state index contributed by atoms with van der Waals surface area (Å²) < 4.78 is 11.8. The third-order valence-electron chi connectivity index (χ3n) is 5.04. The van der Waals surface area contributed by atoms with Crippen LogP contribution in [-0.4, -0.2) is 55.8 Å². The van der Waals surface area contributed by atoms with Gasteiger partial charge in [0.15, 0.2) is 16.6 Å². The fourth-order valence-electron chi connectivity index (χ4n) is 3.37. The molecule has 2 aromatic carbocycles. The van der Waals surface area contributed by atoms with Crippen LogP contribution in [0.3, 0.4) is 0 Å². The van der Waals surface area contributed by atoms with E-state index in [4.69, 9.17) is 14.5 Å². The number of carbonyl (C=O) groups excluding carboxylic acids is 1. The molecular weight excluding hydrogens is 376 g/mol. The lowest BCUT2D eigenvalue weighted by atomic mass is 10.2. The number of rotatable bonds is 3. The fourth-order valence-corrected chi connectivity index (χ4v) is 4.36. The molecule has 1 amide bonds. The molecule has 8 heteroatoms. The van der Waals surface area contributed by atoms with Crippen LogP contribution in [0.2, 0.25) is 0 Å². The van der Waals surface area contributed by atoms with Crippen molar-refractivity contribution in [1.29, 1.82) is 0 Å². The summed E-state index contributed by atoms with van der Waals surface area (Å²) in [6.07, 6.45) is 0. The van der Waals surface area contributed by atoms with Gasteiger partial charge in [-0.05, 0) is 37.4 Å². The van der Waals surface area contributed by atoms with Gasteiger partial charge in [0.1, 0.15) is 0 Å². The minimum absolute atomic E-state index is 0.171. The van der Waals surface area contributed by atoms with Crippen molar-refractivity contribution in [3.8, 4) is 11.5 Å². The lowest BCUT2D eigenvalue weighted by molar-refractivity contribution is 0.102. The van der Waals surface area contributed by atoms with Crippen LogP contribution in [0, 0.1) is 0 Å². The summed E-state index contributed by atoms with van der Waals surface area (Å²) >= 11 is 1.68. The van der Waals surface area contributed by atoms with Crippen LogP contribution in [0.15, 0.2) is 36.4 Å². The van der Waals surface area contributed by atoms with Gasteiger partial charge in [0, 0.05) is 43.5 Å². The van der Waals surface area contributed by atoms with Gasteiger partial charge < -0.3 is 24.6 Å². The van der Waals surface area contributed by atoms with Crippen LogP contribution in [-0.2, 0) is 0 Å². The van der Waals surface area contributed by atoms with Crippen molar-refractivity contribution in [3.63, 3.8) is 0 Å². The van der Waals surface area contributed by atoms with Crippen molar-refractivity contribution >= 4 is 38.3 Å². The van der Waals surface area contributed by atoms with Gasteiger partial charge >= 0.3 is 0 Å². The molecule has 1 fully saturated rings. The smallest absolute Gasteiger partial charge is 0.255 e. The number of piperazine rings is 1. The second-order valence-electron chi connectivity index (χ2n) is 6.99. The van der Waals surface area contributed by atoms with Crippen LogP contribution in [0.1, 0.15) is 10.4 Å². The molecule has 2 aliphatic rings. The maximum Gasteiger partial charge on any atom is 0.255 e. The molecule has 144 valence electrons. The molecule has 0 bridgehead atoms. The molecule has 7 nitrogen and oxygen atoms in total. The van der Waals surface area contributed by atoms with E-state index in [1.165, 1.54) is 0 Å². The van der Waals surface area contributed by atoms with Gasteiger partial charge in [0.05, 0.1) is 10.2 Å². The van der Waals surface area contributed by atoms with Crippen molar-refractivity contribution in [1.82, 2.24) is 9.88 Å². The Labute approximate surface area is 166 Å². The minimum atomic E-state index is -0.171. The van der Waals surface area contributed by atoms with E-state index in [2.05, 4.69) is 22.2 Å². The number of anilines is 2. The molecule has 0 atom stereocenters. The van der Waals surface area contributed by atoms with Gasteiger partial charge in [-0.25, -0.2) is 4.98 Å². The summed E-state index contributed by atoms with van der Waals surface area (Å²) in [5, 5.41) is 3.94. The predicted octanol–water partition coefficient (Wildman–Crippen LogP) is 3.03. The largest absolute Gasteiger partial charge is 0.454 e. The summed E-state index contributed by atoms with van der Waals surface area (Å²) in [5.74, 6) is 1.16. The maximum atomic E-state index is 12.7. The van der Waals surface area contributed by atoms with Gasteiger partial charge in [-0.15, -0.1) is 0 Å². The minimum Gasteiger partial charge on any atom is -0.454 e. The molecule has 1 N–H and O–H groups in total. The maximum absolute atomic E-state index is 12.7. The molecular formula is C20H20N4O3S. The van der Waals surface area contributed by atoms with Crippen molar-refractivity contribution in [2.24, 2.45) is 0 Å². The Kier molecular flexibility index (Phi) is 4.29. The standard InChI is InChI=1S/C20H20N4O3S/c1-23-6-8-24(9-7-23)20-22-15-10-13(2-5-18(15)28-20)19(25)21-14-3-4-16-17(11-14)27-12-26-16/h2-5,10-11H,6-9,12H2,1H3,(H,21,25). The number of likely N-dealkylation sites (N-methyl/N-ethyl adjacent to an activating group) is 1. The van der Waals surface area contributed by atoms with Crippen molar-refractivity contribution < 1.29 is 14.3 Å². The Balaban J connectivity index is 1.35. The summed E-state index contributed by atoms with van der Waals surface area (Å²) in [6.45, 7) is 4.25. The topological polar surface area (TPSA) is 66.9 Å². The number of nitrogens with zero attached hydrogens (tertiary/aromatic N) is 3. The van der Waals surface area contributed by atoms with E-state index in [9.17, 15) is 4.79 Å². The van der Waals surface area contributed by atoms with Gasteiger partial charge in [-0.1, -0.05) is 11.3 Å². The number of amides is 1. The van der Waals surface area contributed by atoms with Crippen molar-refractivity contribution in [2.75, 3.05) is 50.2 Å². The highest BCUT2D eigenvalue weighted by Crippen LogP contribution is 2.34. The highest BCUT2D eigenvalue weighted by molar-refractivity contribution is 7.22. The third kappa shape index (κ3) is 3.25. The molecule has 28 heavy (non-hydrogen) atoms. The quantitative estimate of drug-likeness (QED) is 0.734. The zero-order valence-electron chi connectivity index (χ0n) is 15.5. The first-order chi connectivity index (χ1) is 13.7. The first kappa shape index (κ1) is 17.3. The normalized spacial score (nSPS) is 16.5. The molecule has 0 radical (unpaired) electrons. The Morgan fingerprint density at radius 1 is 1.07 bits per heavy atom.